The molecule has 1 saturated heterocycles. The molecule has 9 heteroatoms. The molecule has 6 nitrogen and oxygen atoms in total. The number of hydrogen-bond acceptors (Lipinski definition) is 4. The van der Waals surface area contributed by atoms with Gasteiger partial charge >= 0.3 is 12.1 Å². The molecule has 0 saturated carbocycles. The van der Waals surface area contributed by atoms with Crippen LogP contribution in [0.2, 0.25) is 0 Å². The number of H-pyrrole nitrogens is 1. The number of fused-ring (bicyclic) bond motifs is 1. The molecule has 30 heavy (non-hydrogen) atoms. The molecule has 3 aromatic rings. The van der Waals surface area contributed by atoms with Crippen molar-refractivity contribution in [2.24, 2.45) is 0 Å². The lowest BCUT2D eigenvalue weighted by Crippen LogP contribution is -2.58. The summed E-state index contributed by atoms with van der Waals surface area (Å²) in [6.45, 7) is 4.20. The van der Waals surface area contributed by atoms with Crippen molar-refractivity contribution >= 4 is 16.7 Å². The Bertz CT molecular complexity index is 1020. The number of carboxylic acid groups (broad SMARTS) is 1. The zero-order valence-electron chi connectivity index (χ0n) is 16.3. The van der Waals surface area contributed by atoms with Gasteiger partial charge in [-0.15, -0.1) is 0 Å². The lowest BCUT2D eigenvalue weighted by atomic mass is 9.83. The zero-order chi connectivity index (χ0) is 21.9. The summed E-state index contributed by atoms with van der Waals surface area (Å²) in [4.78, 5) is 18.8. The van der Waals surface area contributed by atoms with E-state index in [1.165, 1.54) is 5.39 Å². The first-order chi connectivity index (χ1) is 14.1. The van der Waals surface area contributed by atoms with Gasteiger partial charge < -0.3 is 15.2 Å². The highest BCUT2D eigenvalue weighted by molar-refractivity contribution is 5.86. The van der Waals surface area contributed by atoms with Gasteiger partial charge in [0.2, 0.25) is 0 Å². The van der Waals surface area contributed by atoms with Gasteiger partial charge in [0.25, 0.3) is 0 Å². The van der Waals surface area contributed by atoms with E-state index in [1.54, 1.807) is 0 Å². The van der Waals surface area contributed by atoms with E-state index in [0.717, 1.165) is 35.4 Å². The topological polar surface area (TPSA) is 89.5 Å². The van der Waals surface area contributed by atoms with Crippen molar-refractivity contribution < 1.29 is 28.2 Å². The third kappa shape index (κ3) is 4.80. The number of aromatic amines is 1. The Balaban J connectivity index is 0.000000318. The van der Waals surface area contributed by atoms with Crippen LogP contribution in [0.1, 0.15) is 24.0 Å². The first kappa shape index (κ1) is 21.8. The maximum absolute atomic E-state index is 11.0. The molecule has 0 aliphatic carbocycles. The van der Waals surface area contributed by atoms with E-state index in [4.69, 9.17) is 9.90 Å². The minimum absolute atomic E-state index is 0.654. The van der Waals surface area contributed by atoms with Gasteiger partial charge in [0.05, 0.1) is 0 Å². The number of aliphatic carboxylic acids is 1. The molecule has 1 aliphatic rings. The Morgan fingerprint density at radius 3 is 2.43 bits per heavy atom. The van der Waals surface area contributed by atoms with Crippen LogP contribution in [0.25, 0.3) is 10.8 Å². The molecule has 0 radical (unpaired) electrons. The first-order valence-electron chi connectivity index (χ1n) is 9.38. The second-order valence-electron chi connectivity index (χ2n) is 7.22. The van der Waals surface area contributed by atoms with E-state index < -0.39 is 17.7 Å². The smallest absolute Gasteiger partial charge is 0.475 e. The zero-order valence-corrected chi connectivity index (χ0v) is 16.3. The number of carboxylic acids is 1. The predicted molar refractivity (Wildman–Crippen MR) is 105 cm³/mol. The number of halogens is 3. The van der Waals surface area contributed by atoms with E-state index in [1.807, 2.05) is 30.5 Å². The second-order valence-corrected chi connectivity index (χ2v) is 7.22. The van der Waals surface area contributed by atoms with E-state index in [2.05, 4.69) is 40.0 Å². The van der Waals surface area contributed by atoms with Gasteiger partial charge in [-0.25, -0.2) is 9.78 Å². The minimum atomic E-state index is -5.08. The number of alkyl halides is 3. The maximum atomic E-state index is 11.0. The number of likely N-dealkylation sites (tertiary alicyclic amines) is 1. The number of aromatic nitrogens is 2. The number of aryl methyl sites for hydroxylation is 1. The van der Waals surface area contributed by atoms with E-state index in [-0.39, 0.29) is 0 Å². The van der Waals surface area contributed by atoms with Crippen LogP contribution in [-0.4, -0.2) is 50.3 Å². The molecule has 1 fully saturated rings. The Hall–Kier alpha value is -2.91. The molecule has 0 amide bonds. The number of benzene rings is 2. The average Bonchev–Trinajstić information content (AvgIpc) is 3.13. The Morgan fingerprint density at radius 1 is 1.20 bits per heavy atom. The maximum Gasteiger partial charge on any atom is 0.490 e. The number of rotatable bonds is 4. The lowest BCUT2D eigenvalue weighted by Gasteiger charge is -2.47. The Labute approximate surface area is 171 Å². The number of aliphatic hydroxyl groups is 1. The Kier molecular flexibility index (Phi) is 6.14. The summed E-state index contributed by atoms with van der Waals surface area (Å²) in [7, 11) is 0. The summed E-state index contributed by atoms with van der Waals surface area (Å²) in [6, 6.07) is 14.4. The summed E-state index contributed by atoms with van der Waals surface area (Å²) in [6.07, 6.45) is -2.27. The number of nitrogens with one attached hydrogen (secondary N) is 1. The molecule has 4 rings (SSSR count). The second kappa shape index (κ2) is 8.45. The number of β-amino-alcohol motifs (C(OH)–C–C–N with tert-alkyl or cyclic N) is 1. The fraction of sp³-hybridized carbons (Fsp3) is 0.333. The molecule has 0 spiro atoms. The highest BCUT2D eigenvalue weighted by atomic mass is 19.4. The van der Waals surface area contributed by atoms with Gasteiger partial charge in [-0.3, -0.25) is 4.90 Å². The van der Waals surface area contributed by atoms with Crippen LogP contribution in [0.4, 0.5) is 13.2 Å². The van der Waals surface area contributed by atoms with Crippen molar-refractivity contribution in [3.05, 3.63) is 65.7 Å². The molecular weight excluding hydrogens is 399 g/mol. The molecule has 2 heterocycles. The van der Waals surface area contributed by atoms with Crippen LogP contribution in [-0.2, 0) is 23.4 Å². The van der Waals surface area contributed by atoms with Gasteiger partial charge in [0.15, 0.2) is 0 Å². The summed E-state index contributed by atoms with van der Waals surface area (Å²) >= 11 is 0. The lowest BCUT2D eigenvalue weighted by molar-refractivity contribution is -0.192. The fourth-order valence-corrected chi connectivity index (χ4v) is 3.51. The molecular formula is C21H22F3N3O3. The van der Waals surface area contributed by atoms with E-state index >= 15 is 0 Å². The number of carbonyl (C=O) groups is 1. The summed E-state index contributed by atoms with van der Waals surface area (Å²) < 4.78 is 31.7. The summed E-state index contributed by atoms with van der Waals surface area (Å²) in [5.74, 6) is -1.74. The SMILES string of the molecule is CCc1ncc(CN2CC(O)(c3cccc4ccccc34)C2)[nH]1.O=C(O)C(F)(F)F. The van der Waals surface area contributed by atoms with Crippen LogP contribution < -0.4 is 0 Å². The number of imidazole rings is 1. The normalized spacial score (nSPS) is 15.9. The molecule has 160 valence electrons. The van der Waals surface area contributed by atoms with Crippen LogP contribution in [0.5, 0.6) is 0 Å². The first-order valence-corrected chi connectivity index (χ1v) is 9.38. The molecule has 0 unspecified atom stereocenters. The molecule has 1 aromatic heterocycles. The van der Waals surface area contributed by atoms with Crippen LogP contribution in [0.15, 0.2) is 48.7 Å². The van der Waals surface area contributed by atoms with Crippen LogP contribution in [0.3, 0.4) is 0 Å². The number of nitrogens with zero attached hydrogens (tertiary/aromatic N) is 2. The van der Waals surface area contributed by atoms with Crippen molar-refractivity contribution in [2.45, 2.75) is 31.7 Å². The highest BCUT2D eigenvalue weighted by Crippen LogP contribution is 2.36. The van der Waals surface area contributed by atoms with Gasteiger partial charge in [0, 0.05) is 37.9 Å². The molecule has 0 atom stereocenters. The van der Waals surface area contributed by atoms with Gasteiger partial charge in [-0.05, 0) is 16.3 Å². The molecule has 0 bridgehead atoms. The standard InChI is InChI=1S/C19H21N3O.C2HF3O2/c1-2-18-20-10-15(21-18)11-22-12-19(23,13-22)17-9-5-7-14-6-3-4-8-16(14)17;3-2(4,5)1(6)7/h3-10,23H,2,11-13H2,1H3,(H,20,21);(H,6,7). The van der Waals surface area contributed by atoms with Crippen molar-refractivity contribution in [3.63, 3.8) is 0 Å². The van der Waals surface area contributed by atoms with Gasteiger partial charge in [-0.1, -0.05) is 49.4 Å². The minimum Gasteiger partial charge on any atom is -0.475 e. The molecule has 2 aromatic carbocycles. The van der Waals surface area contributed by atoms with Crippen molar-refractivity contribution in [2.75, 3.05) is 13.1 Å². The highest BCUT2D eigenvalue weighted by Gasteiger charge is 2.43. The fourth-order valence-electron chi connectivity index (χ4n) is 3.51. The van der Waals surface area contributed by atoms with Gasteiger partial charge in [-0.2, -0.15) is 13.2 Å². The predicted octanol–water partition coefficient (Wildman–Crippen LogP) is 3.46. The quantitative estimate of drug-likeness (QED) is 0.600. The third-order valence-electron chi connectivity index (χ3n) is 4.91. The number of hydrogen-bond donors (Lipinski definition) is 3. The monoisotopic (exact) mass is 421 g/mol. The van der Waals surface area contributed by atoms with E-state index in [0.29, 0.717) is 13.1 Å². The summed E-state index contributed by atoms with van der Waals surface area (Å²) in [5.41, 5.74) is 1.39. The average molecular weight is 421 g/mol. The van der Waals surface area contributed by atoms with Crippen LogP contribution >= 0.6 is 0 Å². The van der Waals surface area contributed by atoms with Crippen molar-refractivity contribution in [1.82, 2.24) is 14.9 Å². The largest absolute Gasteiger partial charge is 0.490 e. The van der Waals surface area contributed by atoms with Crippen LogP contribution in [0, 0.1) is 0 Å². The molecule has 3 N–H and O–H groups in total. The third-order valence-corrected chi connectivity index (χ3v) is 4.91. The van der Waals surface area contributed by atoms with Crippen molar-refractivity contribution in [3.8, 4) is 0 Å². The van der Waals surface area contributed by atoms with Crippen molar-refractivity contribution in [1.29, 1.82) is 0 Å². The summed E-state index contributed by atoms with van der Waals surface area (Å²) in [5, 5.41) is 20.5. The van der Waals surface area contributed by atoms with Gasteiger partial charge in [0.1, 0.15) is 11.4 Å². The molecule has 1 aliphatic heterocycles. The van der Waals surface area contributed by atoms with E-state index in [9.17, 15) is 18.3 Å². The Morgan fingerprint density at radius 2 is 1.83 bits per heavy atom.